The molecule has 0 aromatic rings. The average Bonchev–Trinajstić information content (AvgIpc) is 3.25. The van der Waals surface area contributed by atoms with Gasteiger partial charge in [-0.25, -0.2) is 0 Å². The number of piperazine rings is 1. The lowest BCUT2D eigenvalue weighted by Gasteiger charge is -2.40. The van der Waals surface area contributed by atoms with Gasteiger partial charge in [0, 0.05) is 75.2 Å². The molecule has 0 spiro atoms. The number of halogens is 1. The van der Waals surface area contributed by atoms with Gasteiger partial charge in [-0.1, -0.05) is 78.8 Å². The van der Waals surface area contributed by atoms with Crippen molar-refractivity contribution in [2.75, 3.05) is 59.9 Å². The lowest BCUT2D eigenvalue weighted by atomic mass is 9.97. The van der Waals surface area contributed by atoms with Crippen LogP contribution in [-0.4, -0.2) is 93.8 Å². The largest absolute Gasteiger partial charge is 0.370 e. The molecule has 0 aromatic heterocycles. The van der Waals surface area contributed by atoms with Crippen molar-refractivity contribution in [1.29, 1.82) is 0 Å². The molecule has 242 valence electrons. The molecule has 1 aliphatic heterocycles. The number of nitrogens with one attached hydrogen (secondary N) is 2. The van der Waals surface area contributed by atoms with Crippen LogP contribution in [0, 0.1) is 0 Å². The van der Waals surface area contributed by atoms with Crippen molar-refractivity contribution in [3.8, 4) is 0 Å². The van der Waals surface area contributed by atoms with Crippen molar-refractivity contribution >= 4 is 23.7 Å². The van der Waals surface area contributed by atoms with Gasteiger partial charge in [0.2, 0.25) is 0 Å². The normalized spacial score (nSPS) is 19.8. The molecule has 0 amide bonds. The fraction of sp³-hybridized carbons (Fsp3) is 0.514. The quantitative estimate of drug-likeness (QED) is 0.0793. The molecule has 1 heterocycles. The van der Waals surface area contributed by atoms with Crippen molar-refractivity contribution in [3.05, 3.63) is 94.7 Å². The highest BCUT2D eigenvalue weighted by molar-refractivity contribution is 6.31. The summed E-state index contributed by atoms with van der Waals surface area (Å²) in [5.74, 6) is 0.973. The van der Waals surface area contributed by atoms with Gasteiger partial charge in [0.25, 0.3) is 0 Å². The monoisotopic (exact) mass is 620 g/mol. The molecule has 1 fully saturated rings. The van der Waals surface area contributed by atoms with E-state index in [-0.39, 0.29) is 6.04 Å². The van der Waals surface area contributed by atoms with Crippen LogP contribution in [0.1, 0.15) is 53.4 Å². The molecule has 0 radical (unpaired) electrons. The van der Waals surface area contributed by atoms with Gasteiger partial charge < -0.3 is 10.6 Å². The van der Waals surface area contributed by atoms with E-state index in [4.69, 9.17) is 16.6 Å². The smallest absolute Gasteiger partial charge is 0.125 e. The highest BCUT2D eigenvalue weighted by Gasteiger charge is 2.25. The van der Waals surface area contributed by atoms with Crippen molar-refractivity contribution in [2.24, 2.45) is 9.98 Å². The Bertz CT molecular complexity index is 1140. The molecular weight excluding hydrogens is 564 g/mol. The highest BCUT2D eigenvalue weighted by atomic mass is 35.5. The first-order chi connectivity index (χ1) is 21.4. The molecule has 7 heteroatoms. The predicted octanol–water partition coefficient (Wildman–Crippen LogP) is 7.03. The maximum Gasteiger partial charge on any atom is 0.125 e. The van der Waals surface area contributed by atoms with Gasteiger partial charge >= 0.3 is 0 Å². The fourth-order valence-corrected chi connectivity index (χ4v) is 5.48. The van der Waals surface area contributed by atoms with E-state index in [0.29, 0.717) is 6.04 Å². The van der Waals surface area contributed by atoms with Gasteiger partial charge in [-0.3, -0.25) is 19.8 Å². The molecule has 2 N–H and O–H groups in total. The van der Waals surface area contributed by atoms with Gasteiger partial charge in [-0.15, -0.1) is 0 Å². The van der Waals surface area contributed by atoms with Gasteiger partial charge in [0.15, 0.2) is 0 Å². The molecule has 6 nitrogen and oxygen atoms in total. The summed E-state index contributed by atoms with van der Waals surface area (Å²) in [6, 6.07) is 0.564. The standard InChI is InChI=1S/C37H57ClN6/c1-7-9-19-35(32(4)40-6)37(41-24-12-10-11-23-39-5)42-25-26-43-27-29-44(30-28-43)36(20-13-16-31(3)15-8-2)33-17-14-18-34(38)22-21-33/h7,9-11,13-16,18-19,21-23,32,36,40H,8,12,17,20,24-30H2,1-6H3,(H,41,42)/b9-7-,11-10-,16-13-,31-15-,35-19+,39-23?. The van der Waals surface area contributed by atoms with Crippen LogP contribution in [0.4, 0.5) is 0 Å². The third-order valence-corrected chi connectivity index (χ3v) is 8.18. The van der Waals surface area contributed by atoms with Crippen molar-refractivity contribution < 1.29 is 0 Å². The van der Waals surface area contributed by atoms with Crippen LogP contribution in [-0.2, 0) is 0 Å². The van der Waals surface area contributed by atoms with E-state index in [2.05, 4.69) is 101 Å². The SMILES string of the molecule is C/C=C\C=C(\C(=NCCN1CCN(C(C/C=C\C(C)=C/CC)C2=CC=C(Cl)C=CC2)CC1)NCC/C=C\C=NC)C(C)NC. The third kappa shape index (κ3) is 14.3. The van der Waals surface area contributed by atoms with Crippen molar-refractivity contribution in [1.82, 2.24) is 20.4 Å². The zero-order valence-corrected chi connectivity index (χ0v) is 28.9. The second-order valence-corrected chi connectivity index (χ2v) is 11.7. The Morgan fingerprint density at radius 1 is 1.14 bits per heavy atom. The van der Waals surface area contributed by atoms with E-state index in [9.17, 15) is 0 Å². The number of allylic oxidation sites excluding steroid dienone is 12. The highest BCUT2D eigenvalue weighted by Crippen LogP contribution is 2.24. The minimum atomic E-state index is 0.189. The van der Waals surface area contributed by atoms with Crippen LogP contribution in [0.15, 0.2) is 105 Å². The second kappa shape index (κ2) is 22.7. The molecule has 2 unspecified atom stereocenters. The Hall–Kier alpha value is -2.77. The number of rotatable bonds is 17. The van der Waals surface area contributed by atoms with E-state index in [0.717, 1.165) is 82.4 Å². The van der Waals surface area contributed by atoms with Crippen LogP contribution in [0.2, 0.25) is 0 Å². The van der Waals surface area contributed by atoms with Gasteiger partial charge in [-0.05, 0) is 77.3 Å². The molecule has 2 aliphatic rings. The Labute approximate surface area is 273 Å². The summed E-state index contributed by atoms with van der Waals surface area (Å²) in [6.07, 6.45) is 31.6. The van der Waals surface area contributed by atoms with E-state index >= 15 is 0 Å². The fourth-order valence-electron chi connectivity index (χ4n) is 5.32. The van der Waals surface area contributed by atoms with Crippen LogP contribution in [0.5, 0.6) is 0 Å². The Morgan fingerprint density at radius 3 is 2.64 bits per heavy atom. The van der Waals surface area contributed by atoms with Crippen LogP contribution >= 0.6 is 11.6 Å². The number of nitrogens with zero attached hydrogens (tertiary/aromatic N) is 4. The maximum atomic E-state index is 6.33. The molecule has 0 aromatic carbocycles. The minimum Gasteiger partial charge on any atom is -0.370 e. The van der Waals surface area contributed by atoms with Crippen molar-refractivity contribution in [2.45, 2.75) is 65.5 Å². The lowest BCUT2D eigenvalue weighted by molar-refractivity contribution is 0.110. The predicted molar refractivity (Wildman–Crippen MR) is 195 cm³/mol. The first-order valence-electron chi connectivity index (χ1n) is 16.3. The van der Waals surface area contributed by atoms with Crippen LogP contribution in [0.3, 0.4) is 0 Å². The number of hydrogen-bond donors (Lipinski definition) is 2. The van der Waals surface area contributed by atoms with E-state index in [1.54, 1.807) is 7.05 Å². The Morgan fingerprint density at radius 2 is 1.93 bits per heavy atom. The first-order valence-corrected chi connectivity index (χ1v) is 16.7. The Balaban J connectivity index is 2.08. The zero-order chi connectivity index (χ0) is 32.0. The van der Waals surface area contributed by atoms with E-state index in [1.807, 2.05) is 38.4 Å². The van der Waals surface area contributed by atoms with Gasteiger partial charge in [-0.2, -0.15) is 0 Å². The van der Waals surface area contributed by atoms with Gasteiger partial charge in [0.05, 0.1) is 6.54 Å². The Kier molecular flexibility index (Phi) is 19.3. The molecule has 0 saturated carbocycles. The molecule has 1 saturated heterocycles. The summed E-state index contributed by atoms with van der Waals surface area (Å²) in [6.45, 7) is 15.3. The number of amidine groups is 1. The summed E-state index contributed by atoms with van der Waals surface area (Å²) in [7, 11) is 3.78. The lowest BCUT2D eigenvalue weighted by Crippen LogP contribution is -2.51. The average molecular weight is 621 g/mol. The topological polar surface area (TPSA) is 55.3 Å². The summed E-state index contributed by atoms with van der Waals surface area (Å²) >= 11 is 6.33. The minimum absolute atomic E-state index is 0.189. The van der Waals surface area contributed by atoms with Gasteiger partial charge in [0.1, 0.15) is 5.84 Å². The summed E-state index contributed by atoms with van der Waals surface area (Å²) < 4.78 is 0. The van der Waals surface area contributed by atoms with E-state index < -0.39 is 0 Å². The summed E-state index contributed by atoms with van der Waals surface area (Å²) in [5.41, 5.74) is 3.94. The number of likely N-dealkylation sites (N-methyl/N-ethyl adjacent to an activating group) is 1. The summed E-state index contributed by atoms with van der Waals surface area (Å²) in [5, 5.41) is 7.80. The molecule has 2 atom stereocenters. The summed E-state index contributed by atoms with van der Waals surface area (Å²) in [4.78, 5) is 14.3. The number of hydrogen-bond acceptors (Lipinski definition) is 5. The molecule has 44 heavy (non-hydrogen) atoms. The van der Waals surface area contributed by atoms with Crippen LogP contribution in [0.25, 0.3) is 0 Å². The molecule has 0 bridgehead atoms. The second-order valence-electron chi connectivity index (χ2n) is 11.2. The molecule has 2 rings (SSSR count). The zero-order valence-electron chi connectivity index (χ0n) is 28.1. The first kappa shape index (κ1) is 37.4. The number of aliphatic imine (C=N–C) groups is 2. The maximum absolute atomic E-state index is 6.33. The molecule has 1 aliphatic carbocycles. The van der Waals surface area contributed by atoms with Crippen molar-refractivity contribution in [3.63, 3.8) is 0 Å². The molecular formula is C37H57ClN6. The van der Waals surface area contributed by atoms with Crippen LogP contribution < -0.4 is 10.6 Å². The third-order valence-electron chi connectivity index (χ3n) is 7.93. The van der Waals surface area contributed by atoms with E-state index in [1.165, 1.54) is 16.7 Å².